The Morgan fingerprint density at radius 2 is 2.00 bits per heavy atom. The number of aliphatic hydroxyl groups is 1. The van der Waals surface area contributed by atoms with Gasteiger partial charge in [-0.1, -0.05) is 46.1 Å². The summed E-state index contributed by atoms with van der Waals surface area (Å²) in [6.45, 7) is 12.5. The summed E-state index contributed by atoms with van der Waals surface area (Å²) in [5, 5.41) is 10.4. The van der Waals surface area contributed by atoms with Crippen LogP contribution in [0.3, 0.4) is 0 Å². The van der Waals surface area contributed by atoms with Crippen molar-refractivity contribution in [2.75, 3.05) is 19.8 Å². The summed E-state index contributed by atoms with van der Waals surface area (Å²) in [5.41, 5.74) is 0. The fourth-order valence-electron chi connectivity index (χ4n) is 7.57. The quantitative estimate of drug-likeness (QED) is 0.350. The van der Waals surface area contributed by atoms with E-state index in [9.17, 15) is 19.5 Å². The van der Waals surface area contributed by atoms with Gasteiger partial charge in [0, 0.05) is 17.8 Å². The van der Waals surface area contributed by atoms with E-state index in [4.69, 9.17) is 4.74 Å². The lowest BCUT2D eigenvalue weighted by atomic mass is 9.66. The fraction of sp³-hybridized carbons (Fsp3) is 0.821. The smallest absolute Gasteiger partial charge is 0.310 e. The highest BCUT2D eigenvalue weighted by Gasteiger charge is 2.77. The normalized spacial score (nSPS) is 34.7. The first-order chi connectivity index (χ1) is 17.2. The number of likely N-dealkylation sites (tertiary alicyclic amines) is 1. The molecule has 4 rings (SSSR count). The van der Waals surface area contributed by atoms with Gasteiger partial charge in [-0.3, -0.25) is 14.4 Å². The Kier molecular flexibility index (Phi) is 8.45. The van der Waals surface area contributed by atoms with Gasteiger partial charge in [0.2, 0.25) is 11.8 Å². The van der Waals surface area contributed by atoms with Gasteiger partial charge in [0.1, 0.15) is 6.04 Å². The molecule has 0 radical (unpaired) electrons. The van der Waals surface area contributed by atoms with Gasteiger partial charge in [-0.2, -0.15) is 0 Å². The Hall–Kier alpha value is -1.54. The number of carbonyl (C=O) groups is 3. The van der Waals surface area contributed by atoms with Gasteiger partial charge in [-0.15, -0.1) is 18.3 Å². The molecule has 36 heavy (non-hydrogen) atoms. The summed E-state index contributed by atoms with van der Waals surface area (Å²) in [5.74, 6) is -1.31. The number of rotatable bonds is 10. The minimum absolute atomic E-state index is 0.0225. The Balaban J connectivity index is 1.81. The van der Waals surface area contributed by atoms with Crippen LogP contribution in [0, 0.1) is 23.7 Å². The maximum absolute atomic E-state index is 14.6. The van der Waals surface area contributed by atoms with Gasteiger partial charge >= 0.3 is 5.97 Å². The molecule has 2 bridgehead atoms. The van der Waals surface area contributed by atoms with Crippen LogP contribution in [0.15, 0.2) is 12.7 Å². The molecule has 0 aromatic carbocycles. The molecule has 2 amide bonds. The lowest BCUT2D eigenvalue weighted by Crippen LogP contribution is -2.60. The monoisotopic (exact) mass is 520 g/mol. The lowest BCUT2D eigenvalue weighted by Gasteiger charge is -2.44. The molecular weight excluding hydrogens is 476 g/mol. The third kappa shape index (κ3) is 4.40. The Bertz CT molecular complexity index is 859. The molecule has 7 atom stereocenters. The second kappa shape index (κ2) is 11.1. The zero-order valence-electron chi connectivity index (χ0n) is 22.4. The standard InChI is InChI=1S/C28H44N2O5S/c1-6-13-29(19-11-9-8-10-12-19)26(33)24-28-18(5)15-21(36-28)22(27(34)35-7-2)23(28)25(32)30(24)20(16-31)14-17(3)4/h6,17-24,31H,1,7-16H2,2-5H3/t18?,20-,21-,22+,23+,24?,28?/m1/s1. The highest BCUT2D eigenvalue weighted by molar-refractivity contribution is 8.02. The Morgan fingerprint density at radius 3 is 2.58 bits per heavy atom. The summed E-state index contributed by atoms with van der Waals surface area (Å²) in [4.78, 5) is 45.7. The first-order valence-corrected chi connectivity index (χ1v) is 14.8. The lowest BCUT2D eigenvalue weighted by molar-refractivity contribution is -0.154. The number of carbonyl (C=O) groups excluding carboxylic acids is 3. The number of ether oxygens (including phenoxy) is 1. The van der Waals surface area contributed by atoms with Crippen LogP contribution < -0.4 is 0 Å². The average molecular weight is 521 g/mol. The summed E-state index contributed by atoms with van der Waals surface area (Å²) < 4.78 is 4.76. The van der Waals surface area contributed by atoms with E-state index in [1.165, 1.54) is 6.42 Å². The predicted octanol–water partition coefficient (Wildman–Crippen LogP) is 3.64. The molecule has 1 aliphatic carbocycles. The van der Waals surface area contributed by atoms with E-state index in [2.05, 4.69) is 27.4 Å². The maximum Gasteiger partial charge on any atom is 0.310 e. The van der Waals surface area contributed by atoms with Crippen molar-refractivity contribution in [3.63, 3.8) is 0 Å². The van der Waals surface area contributed by atoms with Crippen molar-refractivity contribution < 1.29 is 24.2 Å². The number of nitrogens with zero attached hydrogens (tertiary/aromatic N) is 2. The van der Waals surface area contributed by atoms with Crippen LogP contribution in [-0.4, -0.2) is 80.6 Å². The zero-order valence-corrected chi connectivity index (χ0v) is 23.2. The van der Waals surface area contributed by atoms with E-state index in [0.717, 1.165) is 32.1 Å². The van der Waals surface area contributed by atoms with Crippen LogP contribution in [0.25, 0.3) is 0 Å². The predicted molar refractivity (Wildman–Crippen MR) is 141 cm³/mol. The maximum atomic E-state index is 14.6. The first-order valence-electron chi connectivity index (χ1n) is 13.9. The zero-order chi connectivity index (χ0) is 26.2. The van der Waals surface area contributed by atoms with Crippen molar-refractivity contribution in [3.8, 4) is 0 Å². The van der Waals surface area contributed by atoms with Gasteiger partial charge in [0.05, 0.1) is 35.8 Å². The number of fused-ring (bicyclic) bond motifs is 1. The van der Waals surface area contributed by atoms with Crippen LogP contribution in [-0.2, 0) is 19.1 Å². The SMILES string of the molecule is C=CCN(C(=O)C1N([C@@H](CO)CC(C)C)C(=O)[C@@H]2[C@@H](C(=O)OCC)[C@H]3CC(C)C12S3)C1CCCCC1. The molecule has 3 aliphatic heterocycles. The van der Waals surface area contributed by atoms with Crippen LogP contribution in [0.1, 0.15) is 72.6 Å². The van der Waals surface area contributed by atoms with E-state index >= 15 is 0 Å². The van der Waals surface area contributed by atoms with E-state index in [0.29, 0.717) is 13.0 Å². The van der Waals surface area contributed by atoms with Crippen LogP contribution in [0.2, 0.25) is 0 Å². The topological polar surface area (TPSA) is 87.2 Å². The van der Waals surface area contributed by atoms with Gasteiger partial charge in [-0.05, 0) is 44.4 Å². The minimum atomic E-state index is -0.697. The molecule has 0 aromatic heterocycles. The Morgan fingerprint density at radius 1 is 1.31 bits per heavy atom. The van der Waals surface area contributed by atoms with E-state index in [1.807, 2.05) is 4.90 Å². The van der Waals surface area contributed by atoms with Gasteiger partial charge in [0.15, 0.2) is 0 Å². The number of amides is 2. The minimum Gasteiger partial charge on any atom is -0.466 e. The Labute approximate surface area is 220 Å². The molecule has 3 saturated heterocycles. The first kappa shape index (κ1) is 27.5. The second-order valence-corrected chi connectivity index (χ2v) is 13.1. The van der Waals surface area contributed by atoms with Crippen molar-refractivity contribution in [3.05, 3.63) is 12.7 Å². The largest absolute Gasteiger partial charge is 0.466 e. The highest BCUT2D eigenvalue weighted by atomic mass is 32.2. The molecule has 3 heterocycles. The van der Waals surface area contributed by atoms with Crippen molar-refractivity contribution in [2.45, 2.75) is 101 Å². The number of hydrogen-bond donors (Lipinski definition) is 1. The molecule has 4 aliphatic rings. The molecule has 1 spiro atoms. The van der Waals surface area contributed by atoms with Crippen molar-refractivity contribution in [1.29, 1.82) is 0 Å². The number of hydrogen-bond acceptors (Lipinski definition) is 6. The summed E-state index contributed by atoms with van der Waals surface area (Å²) >= 11 is 1.67. The van der Waals surface area contributed by atoms with E-state index < -0.39 is 28.7 Å². The molecule has 8 heteroatoms. The van der Waals surface area contributed by atoms with E-state index in [-0.39, 0.29) is 54.1 Å². The summed E-state index contributed by atoms with van der Waals surface area (Å²) in [6, 6.07) is -1.02. The molecule has 202 valence electrons. The molecule has 1 saturated carbocycles. The third-order valence-electron chi connectivity index (χ3n) is 8.95. The van der Waals surface area contributed by atoms with Crippen molar-refractivity contribution >= 4 is 29.5 Å². The fourth-order valence-corrected chi connectivity index (χ4v) is 9.96. The van der Waals surface area contributed by atoms with Gasteiger partial charge in [0.25, 0.3) is 0 Å². The number of aliphatic hydroxyl groups excluding tert-OH is 1. The summed E-state index contributed by atoms with van der Waals surface area (Å²) in [6.07, 6.45) is 8.47. The molecule has 4 fully saturated rings. The highest BCUT2D eigenvalue weighted by Crippen LogP contribution is 2.69. The van der Waals surface area contributed by atoms with Crippen LogP contribution in [0.4, 0.5) is 0 Å². The number of thioether (sulfide) groups is 1. The molecule has 3 unspecified atom stereocenters. The summed E-state index contributed by atoms with van der Waals surface area (Å²) in [7, 11) is 0. The molecule has 7 nitrogen and oxygen atoms in total. The van der Waals surface area contributed by atoms with Crippen LogP contribution in [0.5, 0.6) is 0 Å². The average Bonchev–Trinajstić information content (AvgIpc) is 3.45. The molecule has 1 N–H and O–H groups in total. The van der Waals surface area contributed by atoms with E-state index in [1.54, 1.807) is 29.7 Å². The third-order valence-corrected chi connectivity index (χ3v) is 11.0. The van der Waals surface area contributed by atoms with Crippen LogP contribution >= 0.6 is 11.8 Å². The van der Waals surface area contributed by atoms with Gasteiger partial charge < -0.3 is 19.6 Å². The number of esters is 1. The molecule has 0 aromatic rings. The molecular formula is C28H44N2O5S. The van der Waals surface area contributed by atoms with Crippen molar-refractivity contribution in [2.24, 2.45) is 23.7 Å². The van der Waals surface area contributed by atoms with Crippen molar-refractivity contribution in [1.82, 2.24) is 9.80 Å². The van der Waals surface area contributed by atoms with Gasteiger partial charge in [-0.25, -0.2) is 0 Å². The second-order valence-electron chi connectivity index (χ2n) is 11.6.